The molecule has 0 aliphatic heterocycles. The lowest BCUT2D eigenvalue weighted by Crippen LogP contribution is -2.01. The summed E-state index contributed by atoms with van der Waals surface area (Å²) in [4.78, 5) is 7.35. The zero-order chi connectivity index (χ0) is 13.9. The van der Waals surface area contributed by atoms with Crippen LogP contribution in [0.4, 0.5) is 5.69 Å². The van der Waals surface area contributed by atoms with E-state index in [1.54, 1.807) is 12.7 Å². The highest BCUT2D eigenvalue weighted by Gasteiger charge is 2.06. The van der Waals surface area contributed by atoms with Gasteiger partial charge in [0.1, 0.15) is 6.33 Å². The van der Waals surface area contributed by atoms with Crippen LogP contribution in [0.25, 0.3) is 11.4 Å². The van der Waals surface area contributed by atoms with Crippen LogP contribution in [0.15, 0.2) is 36.9 Å². The summed E-state index contributed by atoms with van der Waals surface area (Å²) in [5.41, 5.74) is 4.18. The maximum absolute atomic E-state index is 4.27. The van der Waals surface area contributed by atoms with Crippen LogP contribution in [-0.2, 0) is 13.6 Å². The molecule has 0 bridgehead atoms. The first-order chi connectivity index (χ1) is 9.74. The van der Waals surface area contributed by atoms with E-state index in [2.05, 4.69) is 31.5 Å². The van der Waals surface area contributed by atoms with Crippen molar-refractivity contribution in [3.05, 3.63) is 48.3 Å². The van der Waals surface area contributed by atoms with Crippen LogP contribution >= 0.6 is 0 Å². The predicted molar refractivity (Wildman–Crippen MR) is 77.1 cm³/mol. The second-order valence-corrected chi connectivity index (χ2v) is 4.67. The summed E-state index contributed by atoms with van der Waals surface area (Å²) < 4.78 is 1.90. The quantitative estimate of drug-likeness (QED) is 0.760. The lowest BCUT2D eigenvalue weighted by Gasteiger charge is -2.07. The van der Waals surface area contributed by atoms with Crippen molar-refractivity contribution in [3.8, 4) is 11.4 Å². The van der Waals surface area contributed by atoms with Gasteiger partial charge in [-0.15, -0.1) is 10.2 Å². The third-order valence-corrected chi connectivity index (χ3v) is 3.23. The molecule has 6 heteroatoms. The second kappa shape index (κ2) is 5.16. The molecule has 6 nitrogen and oxygen atoms in total. The monoisotopic (exact) mass is 268 g/mol. The van der Waals surface area contributed by atoms with E-state index >= 15 is 0 Å². The number of benzene rings is 1. The molecule has 0 amide bonds. The summed E-state index contributed by atoms with van der Waals surface area (Å²) in [6.07, 6.45) is 3.41. The Hall–Kier alpha value is -2.63. The van der Waals surface area contributed by atoms with Gasteiger partial charge < -0.3 is 14.9 Å². The van der Waals surface area contributed by atoms with Crippen molar-refractivity contribution in [2.75, 3.05) is 5.32 Å². The summed E-state index contributed by atoms with van der Waals surface area (Å²) in [7, 11) is 1.93. The number of nitrogens with one attached hydrogen (secondary N) is 2. The third kappa shape index (κ3) is 2.40. The Bertz CT molecular complexity index is 712. The fraction of sp³-hybridized carbons (Fsp3) is 0.214. The molecule has 2 heterocycles. The average molecular weight is 268 g/mol. The molecule has 0 saturated heterocycles. The first-order valence-corrected chi connectivity index (χ1v) is 6.41. The maximum atomic E-state index is 4.27. The van der Waals surface area contributed by atoms with Gasteiger partial charge in [-0.2, -0.15) is 0 Å². The van der Waals surface area contributed by atoms with Crippen LogP contribution < -0.4 is 5.32 Å². The lowest BCUT2D eigenvalue weighted by molar-refractivity contribution is 0.919. The number of rotatable bonds is 4. The van der Waals surface area contributed by atoms with Crippen LogP contribution in [0.2, 0.25) is 0 Å². The SMILES string of the molecule is Cc1[nH]cnc1CNc1cccc(-c2nncn2C)c1. The van der Waals surface area contributed by atoms with Gasteiger partial charge in [0.15, 0.2) is 5.82 Å². The molecule has 102 valence electrons. The first-order valence-electron chi connectivity index (χ1n) is 6.41. The summed E-state index contributed by atoms with van der Waals surface area (Å²) in [6.45, 7) is 2.71. The number of aromatic nitrogens is 5. The minimum Gasteiger partial charge on any atom is -0.379 e. The van der Waals surface area contributed by atoms with Gasteiger partial charge in [0.25, 0.3) is 0 Å². The number of imidazole rings is 1. The van der Waals surface area contributed by atoms with Gasteiger partial charge in [0.05, 0.1) is 18.6 Å². The van der Waals surface area contributed by atoms with Gasteiger partial charge in [0, 0.05) is 24.0 Å². The van der Waals surface area contributed by atoms with Gasteiger partial charge >= 0.3 is 0 Å². The molecule has 20 heavy (non-hydrogen) atoms. The molecular formula is C14H16N6. The number of H-pyrrole nitrogens is 1. The van der Waals surface area contributed by atoms with Crippen molar-refractivity contribution >= 4 is 5.69 Å². The van der Waals surface area contributed by atoms with E-state index in [9.17, 15) is 0 Å². The largest absolute Gasteiger partial charge is 0.379 e. The second-order valence-electron chi connectivity index (χ2n) is 4.67. The van der Waals surface area contributed by atoms with Gasteiger partial charge in [-0.1, -0.05) is 12.1 Å². The van der Waals surface area contributed by atoms with E-state index in [0.29, 0.717) is 6.54 Å². The van der Waals surface area contributed by atoms with Crippen molar-refractivity contribution < 1.29 is 0 Å². The molecule has 0 unspecified atom stereocenters. The molecule has 0 atom stereocenters. The first kappa shape index (κ1) is 12.4. The van der Waals surface area contributed by atoms with Crippen molar-refractivity contribution in [1.82, 2.24) is 24.7 Å². The number of anilines is 1. The molecule has 0 aliphatic carbocycles. The maximum Gasteiger partial charge on any atom is 0.163 e. The van der Waals surface area contributed by atoms with Crippen molar-refractivity contribution in [3.63, 3.8) is 0 Å². The summed E-state index contributed by atoms with van der Waals surface area (Å²) in [5.74, 6) is 0.851. The number of nitrogens with zero attached hydrogens (tertiary/aromatic N) is 4. The fourth-order valence-corrected chi connectivity index (χ4v) is 2.06. The highest BCUT2D eigenvalue weighted by Crippen LogP contribution is 2.20. The van der Waals surface area contributed by atoms with Crippen LogP contribution in [-0.4, -0.2) is 24.7 Å². The topological polar surface area (TPSA) is 71.4 Å². The molecule has 0 saturated carbocycles. The normalized spacial score (nSPS) is 10.7. The summed E-state index contributed by atoms with van der Waals surface area (Å²) in [6, 6.07) is 8.12. The zero-order valence-electron chi connectivity index (χ0n) is 11.5. The number of hydrogen-bond acceptors (Lipinski definition) is 4. The molecular weight excluding hydrogens is 252 g/mol. The standard InChI is InChI=1S/C14H16N6/c1-10-13(17-8-16-10)7-15-12-5-3-4-11(6-12)14-19-18-9-20(14)2/h3-6,8-9,15H,7H2,1-2H3,(H,16,17). The van der Waals surface area contributed by atoms with Crippen LogP contribution in [0.1, 0.15) is 11.4 Å². The number of aryl methyl sites for hydroxylation is 2. The number of hydrogen-bond donors (Lipinski definition) is 2. The minimum absolute atomic E-state index is 0.692. The Labute approximate surface area is 116 Å². The Balaban J connectivity index is 1.78. The molecule has 0 spiro atoms. The molecule has 0 fully saturated rings. The van der Waals surface area contributed by atoms with Crippen molar-refractivity contribution in [2.45, 2.75) is 13.5 Å². The van der Waals surface area contributed by atoms with Gasteiger partial charge in [-0.05, 0) is 19.1 Å². The smallest absolute Gasteiger partial charge is 0.163 e. The van der Waals surface area contributed by atoms with Gasteiger partial charge in [0.2, 0.25) is 0 Å². The molecule has 2 N–H and O–H groups in total. The van der Waals surface area contributed by atoms with E-state index in [4.69, 9.17) is 0 Å². The lowest BCUT2D eigenvalue weighted by atomic mass is 10.2. The molecule has 3 aromatic rings. The molecule has 2 aromatic heterocycles. The van der Waals surface area contributed by atoms with Gasteiger partial charge in [-0.3, -0.25) is 0 Å². The predicted octanol–water partition coefficient (Wildman–Crippen LogP) is 2.13. The van der Waals surface area contributed by atoms with Crippen molar-refractivity contribution in [2.24, 2.45) is 7.05 Å². The molecule has 0 aliphatic rings. The third-order valence-electron chi connectivity index (χ3n) is 3.23. The molecule has 0 radical (unpaired) electrons. The number of aromatic amines is 1. The van der Waals surface area contributed by atoms with Crippen LogP contribution in [0.3, 0.4) is 0 Å². The fourth-order valence-electron chi connectivity index (χ4n) is 2.06. The Morgan fingerprint density at radius 2 is 2.25 bits per heavy atom. The van der Waals surface area contributed by atoms with E-state index in [1.165, 1.54) is 0 Å². The summed E-state index contributed by atoms with van der Waals surface area (Å²) in [5, 5.41) is 11.4. The van der Waals surface area contributed by atoms with E-state index < -0.39 is 0 Å². The van der Waals surface area contributed by atoms with Gasteiger partial charge in [-0.25, -0.2) is 4.98 Å². The van der Waals surface area contributed by atoms with Crippen molar-refractivity contribution in [1.29, 1.82) is 0 Å². The minimum atomic E-state index is 0.692. The highest BCUT2D eigenvalue weighted by molar-refractivity contribution is 5.62. The Morgan fingerprint density at radius 3 is 2.95 bits per heavy atom. The van der Waals surface area contributed by atoms with E-state index in [1.807, 2.05) is 36.7 Å². The zero-order valence-corrected chi connectivity index (χ0v) is 11.5. The summed E-state index contributed by atoms with van der Waals surface area (Å²) >= 11 is 0. The average Bonchev–Trinajstić information content (AvgIpc) is 3.05. The molecule has 1 aromatic carbocycles. The highest BCUT2D eigenvalue weighted by atomic mass is 15.2. The Kier molecular flexibility index (Phi) is 3.20. The van der Waals surface area contributed by atoms with E-state index in [-0.39, 0.29) is 0 Å². The molecule has 3 rings (SSSR count). The van der Waals surface area contributed by atoms with E-state index in [0.717, 1.165) is 28.5 Å². The Morgan fingerprint density at radius 1 is 1.35 bits per heavy atom. The van der Waals surface area contributed by atoms with Crippen LogP contribution in [0.5, 0.6) is 0 Å². The van der Waals surface area contributed by atoms with Crippen LogP contribution in [0, 0.1) is 6.92 Å².